The molecule has 1 amide bonds. The molecule has 2 aromatic carbocycles. The predicted octanol–water partition coefficient (Wildman–Crippen LogP) is 4.11. The van der Waals surface area contributed by atoms with E-state index in [0.717, 1.165) is 19.1 Å². The van der Waals surface area contributed by atoms with E-state index in [1.165, 1.54) is 22.3 Å². The zero-order valence-electron chi connectivity index (χ0n) is 17.3. The molecule has 1 aliphatic carbocycles. The molecule has 160 valence electrons. The molecule has 0 bridgehead atoms. The number of aromatic nitrogens is 1. The normalized spacial score (nSPS) is 12.3. The first-order chi connectivity index (χ1) is 15.2. The van der Waals surface area contributed by atoms with E-state index in [0.29, 0.717) is 31.1 Å². The minimum Gasteiger partial charge on any atom is -0.449 e. The van der Waals surface area contributed by atoms with Crippen LogP contribution < -0.4 is 5.32 Å². The molecule has 0 spiro atoms. The number of carbonyl (C=O) groups is 2. The summed E-state index contributed by atoms with van der Waals surface area (Å²) in [6, 6.07) is 19.9. The number of benzene rings is 2. The molecule has 6 heteroatoms. The highest BCUT2D eigenvalue weighted by atomic mass is 16.5. The maximum Gasteiger partial charge on any atom is 0.407 e. The number of aldehydes is 1. The third kappa shape index (κ3) is 4.39. The number of carbonyl (C=O) groups excluding carboxylic acids is 2. The van der Waals surface area contributed by atoms with E-state index >= 15 is 0 Å². The van der Waals surface area contributed by atoms with Gasteiger partial charge in [-0.05, 0) is 47.2 Å². The van der Waals surface area contributed by atoms with Crippen molar-refractivity contribution in [3.8, 4) is 11.1 Å². The highest BCUT2D eigenvalue weighted by molar-refractivity contribution is 5.79. The van der Waals surface area contributed by atoms with Gasteiger partial charge in [0.1, 0.15) is 6.61 Å². The molecule has 0 atom stereocenters. The Bertz CT molecular complexity index is 1030. The zero-order chi connectivity index (χ0) is 21.6. The van der Waals surface area contributed by atoms with Crippen molar-refractivity contribution in [2.75, 3.05) is 13.2 Å². The van der Waals surface area contributed by atoms with Crippen LogP contribution >= 0.6 is 0 Å². The van der Waals surface area contributed by atoms with Crippen molar-refractivity contribution in [2.24, 2.45) is 0 Å². The van der Waals surface area contributed by atoms with Crippen LogP contribution in [0.1, 0.15) is 46.1 Å². The van der Waals surface area contributed by atoms with E-state index in [2.05, 4.69) is 29.6 Å². The number of nitrogens with one attached hydrogen (secondary N) is 1. The topological polar surface area (TPSA) is 80.6 Å². The molecule has 1 heterocycles. The van der Waals surface area contributed by atoms with E-state index in [-0.39, 0.29) is 12.5 Å². The van der Waals surface area contributed by atoms with Gasteiger partial charge < -0.3 is 19.7 Å². The Kier molecular flexibility index (Phi) is 6.48. The van der Waals surface area contributed by atoms with Gasteiger partial charge in [-0.1, -0.05) is 48.5 Å². The van der Waals surface area contributed by atoms with Gasteiger partial charge in [0.05, 0.1) is 12.3 Å². The van der Waals surface area contributed by atoms with E-state index in [1.807, 2.05) is 24.3 Å². The van der Waals surface area contributed by atoms with Crippen LogP contribution in [0.2, 0.25) is 0 Å². The molecule has 31 heavy (non-hydrogen) atoms. The number of hydrogen-bond donors (Lipinski definition) is 2. The molecular formula is C25H26N2O4. The van der Waals surface area contributed by atoms with Gasteiger partial charge in [-0.2, -0.15) is 0 Å². The summed E-state index contributed by atoms with van der Waals surface area (Å²) in [5.74, 6) is 0.0468. The molecule has 4 rings (SSSR count). The molecule has 6 nitrogen and oxygen atoms in total. The predicted molar refractivity (Wildman–Crippen MR) is 118 cm³/mol. The number of unbranched alkanes of at least 4 members (excludes halogenated alkanes) is 1. The largest absolute Gasteiger partial charge is 0.449 e. The van der Waals surface area contributed by atoms with Crippen molar-refractivity contribution in [3.63, 3.8) is 0 Å². The van der Waals surface area contributed by atoms with Gasteiger partial charge >= 0.3 is 6.09 Å². The van der Waals surface area contributed by atoms with Crippen molar-refractivity contribution in [3.05, 3.63) is 83.2 Å². The average Bonchev–Trinajstić information content (AvgIpc) is 3.35. The van der Waals surface area contributed by atoms with Crippen LogP contribution in [0.4, 0.5) is 4.79 Å². The first-order valence-electron chi connectivity index (χ1n) is 10.6. The summed E-state index contributed by atoms with van der Waals surface area (Å²) in [5.41, 5.74) is 6.05. The summed E-state index contributed by atoms with van der Waals surface area (Å²) in [6.07, 6.45) is 1.87. The summed E-state index contributed by atoms with van der Waals surface area (Å²) in [5, 5.41) is 12.2. The molecule has 0 saturated carbocycles. The van der Waals surface area contributed by atoms with Gasteiger partial charge in [0, 0.05) is 24.7 Å². The second-order valence-corrected chi connectivity index (χ2v) is 7.64. The number of rotatable bonds is 9. The summed E-state index contributed by atoms with van der Waals surface area (Å²) >= 11 is 0. The number of ether oxygens (including phenoxy) is 1. The number of hydrogen-bond acceptors (Lipinski definition) is 4. The number of aliphatic hydroxyl groups is 1. The van der Waals surface area contributed by atoms with Crippen LogP contribution in [0.3, 0.4) is 0 Å². The quantitative estimate of drug-likeness (QED) is 0.405. The SMILES string of the molecule is O=Cc1ccc(CO)n1CCCCNC(=O)OCC1c2ccccc2-c2ccccc21. The molecule has 0 radical (unpaired) electrons. The van der Waals surface area contributed by atoms with Gasteiger partial charge in [0.25, 0.3) is 0 Å². The maximum atomic E-state index is 12.2. The van der Waals surface area contributed by atoms with Crippen LogP contribution in [0.15, 0.2) is 60.7 Å². The van der Waals surface area contributed by atoms with Crippen molar-refractivity contribution in [2.45, 2.75) is 31.9 Å². The first kappa shape index (κ1) is 20.9. The minimum absolute atomic E-state index is 0.0468. The number of nitrogens with zero attached hydrogens (tertiary/aromatic N) is 1. The van der Waals surface area contributed by atoms with E-state index in [9.17, 15) is 14.7 Å². The Morgan fingerprint density at radius 3 is 2.32 bits per heavy atom. The maximum absolute atomic E-state index is 12.2. The van der Waals surface area contributed by atoms with E-state index < -0.39 is 6.09 Å². The molecule has 0 fully saturated rings. The lowest BCUT2D eigenvalue weighted by molar-refractivity contribution is 0.111. The van der Waals surface area contributed by atoms with Gasteiger partial charge in [-0.15, -0.1) is 0 Å². The van der Waals surface area contributed by atoms with Gasteiger partial charge in [0.15, 0.2) is 6.29 Å². The fourth-order valence-corrected chi connectivity index (χ4v) is 4.28. The number of amides is 1. The Morgan fingerprint density at radius 2 is 1.68 bits per heavy atom. The first-order valence-corrected chi connectivity index (χ1v) is 10.6. The van der Waals surface area contributed by atoms with Crippen molar-refractivity contribution in [1.29, 1.82) is 0 Å². The monoisotopic (exact) mass is 418 g/mol. The third-order valence-corrected chi connectivity index (χ3v) is 5.81. The van der Waals surface area contributed by atoms with Gasteiger partial charge in [0.2, 0.25) is 0 Å². The minimum atomic E-state index is -0.424. The smallest absolute Gasteiger partial charge is 0.407 e. The molecular weight excluding hydrogens is 392 g/mol. The molecule has 0 saturated heterocycles. The number of fused-ring (bicyclic) bond motifs is 3. The van der Waals surface area contributed by atoms with Gasteiger partial charge in [-0.3, -0.25) is 4.79 Å². The van der Waals surface area contributed by atoms with Crippen LogP contribution in [0.25, 0.3) is 11.1 Å². The second kappa shape index (κ2) is 9.62. The summed E-state index contributed by atoms with van der Waals surface area (Å²) < 4.78 is 7.34. The average molecular weight is 418 g/mol. The molecule has 1 aromatic heterocycles. The highest BCUT2D eigenvalue weighted by Crippen LogP contribution is 2.44. The summed E-state index contributed by atoms with van der Waals surface area (Å²) in [4.78, 5) is 23.3. The highest BCUT2D eigenvalue weighted by Gasteiger charge is 2.28. The standard InChI is InChI=1S/C25H26N2O4/c28-15-18-11-12-19(16-29)27(18)14-6-5-13-26-25(30)31-17-24-22-9-3-1-7-20(22)21-8-2-4-10-23(21)24/h1-4,7-12,15,24,29H,5-6,13-14,16-17H2,(H,26,30). The van der Waals surface area contributed by atoms with Crippen LogP contribution in [-0.4, -0.2) is 35.2 Å². The Balaban J connectivity index is 1.24. The van der Waals surface area contributed by atoms with Crippen molar-refractivity contribution < 1.29 is 19.4 Å². The third-order valence-electron chi connectivity index (χ3n) is 5.81. The molecule has 0 aliphatic heterocycles. The van der Waals surface area contributed by atoms with E-state index in [1.54, 1.807) is 16.7 Å². The van der Waals surface area contributed by atoms with Gasteiger partial charge in [-0.25, -0.2) is 4.79 Å². The van der Waals surface area contributed by atoms with Crippen LogP contribution in [-0.2, 0) is 17.9 Å². The van der Waals surface area contributed by atoms with Crippen LogP contribution in [0.5, 0.6) is 0 Å². The molecule has 0 unspecified atom stereocenters. The summed E-state index contributed by atoms with van der Waals surface area (Å²) in [7, 11) is 0. The van der Waals surface area contributed by atoms with Crippen LogP contribution in [0, 0.1) is 0 Å². The lowest BCUT2D eigenvalue weighted by Gasteiger charge is -2.14. The van der Waals surface area contributed by atoms with E-state index in [4.69, 9.17) is 4.74 Å². The molecule has 3 aromatic rings. The molecule has 1 aliphatic rings. The number of aliphatic hydroxyl groups excluding tert-OH is 1. The summed E-state index contributed by atoms with van der Waals surface area (Å²) in [6.45, 7) is 1.30. The van der Waals surface area contributed by atoms with Crippen molar-refractivity contribution in [1.82, 2.24) is 9.88 Å². The lowest BCUT2D eigenvalue weighted by Crippen LogP contribution is -2.27. The zero-order valence-corrected chi connectivity index (χ0v) is 17.3. The fraction of sp³-hybridized carbons (Fsp3) is 0.280. The van der Waals surface area contributed by atoms with Crippen molar-refractivity contribution >= 4 is 12.4 Å². The second-order valence-electron chi connectivity index (χ2n) is 7.64. The molecule has 2 N–H and O–H groups in total. The Labute approximate surface area is 181 Å². The Morgan fingerprint density at radius 1 is 1.00 bits per heavy atom. The number of alkyl carbamates (subject to hydrolysis) is 1. The Hall–Kier alpha value is -3.38. The lowest BCUT2D eigenvalue weighted by atomic mass is 9.98. The fourth-order valence-electron chi connectivity index (χ4n) is 4.28.